The van der Waals surface area contributed by atoms with Gasteiger partial charge in [-0.15, -0.1) is 0 Å². The number of halogens is 1. The Morgan fingerprint density at radius 1 is 1.24 bits per heavy atom. The van der Waals surface area contributed by atoms with Gasteiger partial charge in [0.05, 0.1) is 0 Å². The van der Waals surface area contributed by atoms with Gasteiger partial charge in [-0.3, -0.25) is 0 Å². The highest BCUT2D eigenvalue weighted by Crippen LogP contribution is 2.18. The van der Waals surface area contributed by atoms with Gasteiger partial charge in [0.1, 0.15) is 0 Å². The number of unbranched alkanes of at least 4 members (excludes halogenated alkanes) is 1. The Kier molecular flexibility index (Phi) is 7.25. The van der Waals surface area contributed by atoms with Gasteiger partial charge in [-0.05, 0) is 43.5 Å². The predicted octanol–water partition coefficient (Wildman–Crippen LogP) is 3.81. The first-order chi connectivity index (χ1) is 8.27. The molecule has 0 aliphatic carbocycles. The van der Waals surface area contributed by atoms with Gasteiger partial charge in [-0.25, -0.2) is 0 Å². The van der Waals surface area contributed by atoms with Crippen molar-refractivity contribution in [2.24, 2.45) is 0 Å². The van der Waals surface area contributed by atoms with Crippen LogP contribution in [0.2, 0.25) is 5.02 Å². The van der Waals surface area contributed by atoms with E-state index in [2.05, 4.69) is 24.4 Å². The standard InChI is InChI=1S/C14H22ClNO/c1-3-14(16-10-4-5-11-17-2)12-6-8-13(15)9-7-12/h6-9,14,16H,3-5,10-11H2,1-2H3. The van der Waals surface area contributed by atoms with E-state index in [9.17, 15) is 0 Å². The van der Waals surface area contributed by atoms with E-state index in [4.69, 9.17) is 16.3 Å². The third-order valence-electron chi connectivity index (χ3n) is 2.85. The quantitative estimate of drug-likeness (QED) is 0.714. The largest absolute Gasteiger partial charge is 0.385 e. The van der Waals surface area contributed by atoms with Crippen molar-refractivity contribution >= 4 is 11.6 Å². The minimum Gasteiger partial charge on any atom is -0.385 e. The van der Waals surface area contributed by atoms with Gasteiger partial charge in [-0.1, -0.05) is 30.7 Å². The molecule has 0 radical (unpaired) electrons. The summed E-state index contributed by atoms with van der Waals surface area (Å²) in [6.45, 7) is 4.07. The van der Waals surface area contributed by atoms with Crippen molar-refractivity contribution in [3.05, 3.63) is 34.9 Å². The molecular weight excluding hydrogens is 234 g/mol. The van der Waals surface area contributed by atoms with Gasteiger partial charge in [0.25, 0.3) is 0 Å². The van der Waals surface area contributed by atoms with E-state index >= 15 is 0 Å². The Balaban J connectivity index is 2.35. The van der Waals surface area contributed by atoms with Gasteiger partial charge in [0, 0.05) is 24.8 Å². The number of nitrogens with one attached hydrogen (secondary N) is 1. The van der Waals surface area contributed by atoms with Gasteiger partial charge >= 0.3 is 0 Å². The second kappa shape index (κ2) is 8.51. The van der Waals surface area contributed by atoms with Crippen LogP contribution in [0.1, 0.15) is 37.8 Å². The molecule has 1 N–H and O–H groups in total. The van der Waals surface area contributed by atoms with E-state index in [-0.39, 0.29) is 0 Å². The van der Waals surface area contributed by atoms with Gasteiger partial charge < -0.3 is 10.1 Å². The summed E-state index contributed by atoms with van der Waals surface area (Å²) in [5.41, 5.74) is 1.31. The topological polar surface area (TPSA) is 21.3 Å². The monoisotopic (exact) mass is 255 g/mol. The molecule has 1 aromatic carbocycles. The zero-order chi connectivity index (χ0) is 12.5. The zero-order valence-corrected chi connectivity index (χ0v) is 11.5. The molecule has 1 rings (SSSR count). The van der Waals surface area contributed by atoms with Crippen LogP contribution in [0.15, 0.2) is 24.3 Å². The van der Waals surface area contributed by atoms with Crippen molar-refractivity contribution in [3.63, 3.8) is 0 Å². The van der Waals surface area contributed by atoms with Crippen molar-refractivity contribution in [2.45, 2.75) is 32.2 Å². The van der Waals surface area contributed by atoms with Crippen LogP contribution in [0.4, 0.5) is 0 Å². The van der Waals surface area contributed by atoms with Crippen molar-refractivity contribution in [2.75, 3.05) is 20.3 Å². The molecule has 2 nitrogen and oxygen atoms in total. The second-order valence-corrected chi connectivity index (χ2v) is 4.60. The van der Waals surface area contributed by atoms with E-state index in [0.29, 0.717) is 6.04 Å². The molecular formula is C14H22ClNO. The lowest BCUT2D eigenvalue weighted by Gasteiger charge is -2.17. The van der Waals surface area contributed by atoms with Crippen molar-refractivity contribution in [1.82, 2.24) is 5.32 Å². The fourth-order valence-electron chi connectivity index (χ4n) is 1.84. The smallest absolute Gasteiger partial charge is 0.0462 e. The van der Waals surface area contributed by atoms with Crippen LogP contribution in [-0.4, -0.2) is 20.3 Å². The van der Waals surface area contributed by atoms with Gasteiger partial charge in [0.2, 0.25) is 0 Å². The normalized spacial score (nSPS) is 12.6. The maximum Gasteiger partial charge on any atom is 0.0462 e. The highest BCUT2D eigenvalue weighted by Gasteiger charge is 2.07. The molecule has 1 aromatic rings. The highest BCUT2D eigenvalue weighted by atomic mass is 35.5. The number of hydrogen-bond acceptors (Lipinski definition) is 2. The molecule has 1 atom stereocenters. The molecule has 0 saturated heterocycles. The lowest BCUT2D eigenvalue weighted by Crippen LogP contribution is -2.22. The van der Waals surface area contributed by atoms with Crippen LogP contribution in [0, 0.1) is 0 Å². The summed E-state index contributed by atoms with van der Waals surface area (Å²) in [4.78, 5) is 0. The number of ether oxygens (including phenoxy) is 1. The predicted molar refractivity (Wildman–Crippen MR) is 73.6 cm³/mol. The van der Waals surface area contributed by atoms with Gasteiger partial charge in [0.15, 0.2) is 0 Å². The first-order valence-electron chi connectivity index (χ1n) is 6.25. The van der Waals surface area contributed by atoms with Gasteiger partial charge in [-0.2, -0.15) is 0 Å². The Bertz CT molecular complexity index is 300. The number of benzene rings is 1. The first kappa shape index (κ1) is 14.5. The van der Waals surface area contributed by atoms with Crippen LogP contribution in [0.5, 0.6) is 0 Å². The fraction of sp³-hybridized carbons (Fsp3) is 0.571. The van der Waals surface area contributed by atoms with E-state index in [0.717, 1.165) is 37.4 Å². The SMILES string of the molecule is CCC(NCCCCOC)c1ccc(Cl)cc1. The third-order valence-corrected chi connectivity index (χ3v) is 3.10. The van der Waals surface area contributed by atoms with Crippen molar-refractivity contribution in [1.29, 1.82) is 0 Å². The van der Waals surface area contributed by atoms with Crippen LogP contribution in [0.25, 0.3) is 0 Å². The average molecular weight is 256 g/mol. The van der Waals surface area contributed by atoms with Crippen molar-refractivity contribution < 1.29 is 4.74 Å². The van der Waals surface area contributed by atoms with E-state index in [1.165, 1.54) is 5.56 Å². The molecule has 0 fully saturated rings. The summed E-state index contributed by atoms with van der Waals surface area (Å²) in [7, 11) is 1.75. The molecule has 0 aliphatic heterocycles. The molecule has 3 heteroatoms. The summed E-state index contributed by atoms with van der Waals surface area (Å²) >= 11 is 5.89. The molecule has 17 heavy (non-hydrogen) atoms. The Morgan fingerprint density at radius 3 is 2.53 bits per heavy atom. The lowest BCUT2D eigenvalue weighted by molar-refractivity contribution is 0.192. The first-order valence-corrected chi connectivity index (χ1v) is 6.63. The number of rotatable bonds is 8. The molecule has 0 bridgehead atoms. The van der Waals surface area contributed by atoms with Crippen LogP contribution >= 0.6 is 11.6 Å². The molecule has 0 saturated carbocycles. The molecule has 1 unspecified atom stereocenters. The summed E-state index contributed by atoms with van der Waals surface area (Å²) in [6.07, 6.45) is 3.35. The summed E-state index contributed by atoms with van der Waals surface area (Å²) in [5.74, 6) is 0. The summed E-state index contributed by atoms with van der Waals surface area (Å²) in [6, 6.07) is 8.52. The molecule has 0 spiro atoms. The second-order valence-electron chi connectivity index (χ2n) is 4.17. The minimum absolute atomic E-state index is 0.426. The fourth-order valence-corrected chi connectivity index (χ4v) is 1.97. The number of methoxy groups -OCH3 is 1. The molecule has 0 aromatic heterocycles. The number of hydrogen-bond donors (Lipinski definition) is 1. The maximum absolute atomic E-state index is 5.89. The van der Waals surface area contributed by atoms with E-state index in [1.54, 1.807) is 7.11 Å². The Hall–Kier alpha value is -0.570. The van der Waals surface area contributed by atoms with Crippen LogP contribution < -0.4 is 5.32 Å². The molecule has 0 aliphatic rings. The molecule has 0 heterocycles. The maximum atomic E-state index is 5.89. The highest BCUT2D eigenvalue weighted by molar-refractivity contribution is 6.30. The lowest BCUT2D eigenvalue weighted by atomic mass is 10.0. The Morgan fingerprint density at radius 2 is 1.94 bits per heavy atom. The summed E-state index contributed by atoms with van der Waals surface area (Å²) < 4.78 is 5.03. The van der Waals surface area contributed by atoms with Crippen LogP contribution in [-0.2, 0) is 4.74 Å². The molecule has 96 valence electrons. The molecule has 0 amide bonds. The third kappa shape index (κ3) is 5.53. The van der Waals surface area contributed by atoms with Crippen LogP contribution in [0.3, 0.4) is 0 Å². The van der Waals surface area contributed by atoms with Crippen molar-refractivity contribution in [3.8, 4) is 0 Å². The Labute approximate surface area is 109 Å². The van der Waals surface area contributed by atoms with E-state index in [1.807, 2.05) is 12.1 Å². The summed E-state index contributed by atoms with van der Waals surface area (Å²) in [5, 5.41) is 4.36. The average Bonchev–Trinajstić information content (AvgIpc) is 2.35. The van der Waals surface area contributed by atoms with E-state index < -0.39 is 0 Å². The zero-order valence-electron chi connectivity index (χ0n) is 10.7. The minimum atomic E-state index is 0.426.